The summed E-state index contributed by atoms with van der Waals surface area (Å²) in [6.45, 7) is 6.49. The van der Waals surface area contributed by atoms with Crippen molar-refractivity contribution in [1.82, 2.24) is 15.4 Å². The van der Waals surface area contributed by atoms with Crippen LogP contribution >= 0.6 is 0 Å². The summed E-state index contributed by atoms with van der Waals surface area (Å²) in [6.07, 6.45) is 4.37. The smallest absolute Gasteiger partial charge is 0.271 e. The molecule has 1 amide bonds. The van der Waals surface area contributed by atoms with Crippen LogP contribution < -0.4 is 15.2 Å². The van der Waals surface area contributed by atoms with Gasteiger partial charge in [0, 0.05) is 11.1 Å². The minimum Gasteiger partial charge on any atom is -0.493 e. The third kappa shape index (κ3) is 3.73. The number of rotatable bonds is 9. The van der Waals surface area contributed by atoms with E-state index in [4.69, 9.17) is 15.2 Å². The Morgan fingerprint density at radius 1 is 1.42 bits per heavy atom. The largest absolute Gasteiger partial charge is 0.493 e. The lowest BCUT2D eigenvalue weighted by molar-refractivity contribution is 0.0996. The maximum absolute atomic E-state index is 11.5. The minimum atomic E-state index is -0.647. The van der Waals surface area contributed by atoms with Gasteiger partial charge >= 0.3 is 0 Å². The number of allylic oxidation sites excluding steroid dienone is 1. The first-order valence-electron chi connectivity index (χ1n) is 7.77. The lowest BCUT2D eigenvalue weighted by Crippen LogP contribution is -2.13. The number of benzene rings is 1. The molecule has 2 aromatic rings. The summed E-state index contributed by atoms with van der Waals surface area (Å²) in [7, 11) is 1.57. The minimum absolute atomic E-state index is 0.0845. The maximum atomic E-state index is 11.5. The van der Waals surface area contributed by atoms with Crippen molar-refractivity contribution in [2.75, 3.05) is 13.7 Å². The first-order valence-corrected chi connectivity index (χ1v) is 7.77. The normalized spacial score (nSPS) is 10.4. The van der Waals surface area contributed by atoms with Gasteiger partial charge in [-0.15, -0.1) is 6.58 Å². The van der Waals surface area contributed by atoms with E-state index in [9.17, 15) is 4.79 Å². The molecule has 0 saturated heterocycles. The SMILES string of the molecule is C=CCc1cc(-c2n[nH]nc2C(N)=O)cc(OC)c1OCCCC. The lowest BCUT2D eigenvalue weighted by atomic mass is 10.0. The maximum Gasteiger partial charge on any atom is 0.271 e. The molecule has 0 bridgehead atoms. The quantitative estimate of drug-likeness (QED) is 0.543. The van der Waals surface area contributed by atoms with Crippen molar-refractivity contribution in [1.29, 1.82) is 0 Å². The van der Waals surface area contributed by atoms with E-state index in [0.29, 0.717) is 35.8 Å². The van der Waals surface area contributed by atoms with Gasteiger partial charge in [-0.25, -0.2) is 0 Å². The molecule has 0 aliphatic carbocycles. The van der Waals surface area contributed by atoms with E-state index in [1.54, 1.807) is 19.3 Å². The van der Waals surface area contributed by atoms with Gasteiger partial charge in [-0.05, 0) is 25.0 Å². The number of nitrogens with one attached hydrogen (secondary N) is 1. The third-order valence-electron chi connectivity index (χ3n) is 3.51. The fourth-order valence-electron chi connectivity index (χ4n) is 2.34. The molecule has 2 rings (SSSR count). The van der Waals surface area contributed by atoms with Crippen molar-refractivity contribution in [3.05, 3.63) is 36.0 Å². The van der Waals surface area contributed by atoms with Crippen molar-refractivity contribution in [2.45, 2.75) is 26.2 Å². The summed E-state index contributed by atoms with van der Waals surface area (Å²) in [5.41, 5.74) is 7.38. The fraction of sp³-hybridized carbons (Fsp3) is 0.353. The lowest BCUT2D eigenvalue weighted by Gasteiger charge is -2.16. The number of ether oxygens (including phenoxy) is 2. The van der Waals surface area contributed by atoms with E-state index < -0.39 is 5.91 Å². The van der Waals surface area contributed by atoms with Crippen LogP contribution in [0.5, 0.6) is 11.5 Å². The third-order valence-corrected chi connectivity index (χ3v) is 3.51. The molecule has 3 N–H and O–H groups in total. The summed E-state index contributed by atoms with van der Waals surface area (Å²) in [5.74, 6) is 0.601. The van der Waals surface area contributed by atoms with Crippen LogP contribution in [0.1, 0.15) is 35.8 Å². The number of amides is 1. The molecule has 0 aliphatic rings. The molecular formula is C17H22N4O3. The van der Waals surface area contributed by atoms with Crippen molar-refractivity contribution in [3.63, 3.8) is 0 Å². The van der Waals surface area contributed by atoms with Gasteiger partial charge in [0.2, 0.25) is 0 Å². The monoisotopic (exact) mass is 330 g/mol. The van der Waals surface area contributed by atoms with Crippen LogP contribution in [-0.4, -0.2) is 35.0 Å². The highest BCUT2D eigenvalue weighted by atomic mass is 16.5. The average Bonchev–Trinajstić information content (AvgIpc) is 3.06. The Balaban J connectivity index is 2.50. The average molecular weight is 330 g/mol. The van der Waals surface area contributed by atoms with Gasteiger partial charge in [0.15, 0.2) is 17.2 Å². The molecule has 128 valence electrons. The van der Waals surface area contributed by atoms with E-state index in [-0.39, 0.29) is 5.69 Å². The molecule has 0 aliphatic heterocycles. The van der Waals surface area contributed by atoms with Crippen LogP contribution in [0.4, 0.5) is 0 Å². The molecule has 0 radical (unpaired) electrons. The number of aromatic amines is 1. The van der Waals surface area contributed by atoms with E-state index in [1.807, 2.05) is 6.07 Å². The molecular weight excluding hydrogens is 308 g/mol. The van der Waals surface area contributed by atoms with Gasteiger partial charge in [-0.2, -0.15) is 15.4 Å². The molecule has 1 aromatic heterocycles. The zero-order valence-electron chi connectivity index (χ0n) is 14.0. The van der Waals surface area contributed by atoms with Crippen LogP contribution in [0.3, 0.4) is 0 Å². The van der Waals surface area contributed by atoms with Gasteiger partial charge in [0.25, 0.3) is 5.91 Å². The molecule has 0 unspecified atom stereocenters. The molecule has 7 nitrogen and oxygen atoms in total. The van der Waals surface area contributed by atoms with E-state index in [1.165, 1.54) is 0 Å². The first kappa shape index (κ1) is 17.5. The standard InChI is InChI=1S/C17H22N4O3/c1-4-6-8-24-16-11(7-5-2)9-12(10-13(16)23-3)14-15(17(18)22)20-21-19-14/h5,9-10H,2,4,6-8H2,1,3H3,(H2,18,22)(H,19,20,21). The number of hydrogen-bond acceptors (Lipinski definition) is 5. The van der Waals surface area contributed by atoms with Gasteiger partial charge < -0.3 is 15.2 Å². The molecule has 7 heteroatoms. The molecule has 0 spiro atoms. The van der Waals surface area contributed by atoms with Crippen molar-refractivity contribution in [2.24, 2.45) is 5.73 Å². The number of hydrogen-bond donors (Lipinski definition) is 2. The summed E-state index contributed by atoms with van der Waals surface area (Å²) in [6, 6.07) is 3.65. The number of nitrogens with two attached hydrogens (primary N) is 1. The number of carbonyl (C=O) groups excluding carboxylic acids is 1. The zero-order chi connectivity index (χ0) is 17.5. The van der Waals surface area contributed by atoms with Gasteiger partial charge in [0.05, 0.1) is 13.7 Å². The fourth-order valence-corrected chi connectivity index (χ4v) is 2.34. The number of methoxy groups -OCH3 is 1. The molecule has 1 heterocycles. The highest BCUT2D eigenvalue weighted by molar-refractivity contribution is 5.96. The number of primary amides is 1. The van der Waals surface area contributed by atoms with E-state index in [0.717, 1.165) is 18.4 Å². The Kier molecular flexibility index (Phi) is 5.95. The number of nitrogens with zero attached hydrogens (tertiary/aromatic N) is 2. The van der Waals surface area contributed by atoms with Crippen molar-refractivity contribution < 1.29 is 14.3 Å². The Labute approximate surface area is 140 Å². The summed E-state index contributed by atoms with van der Waals surface area (Å²) in [5, 5.41) is 10.3. The Hall–Kier alpha value is -2.83. The van der Waals surface area contributed by atoms with Gasteiger partial charge in [0.1, 0.15) is 5.69 Å². The highest BCUT2D eigenvalue weighted by Gasteiger charge is 2.19. The van der Waals surface area contributed by atoms with Crippen LogP contribution in [0.25, 0.3) is 11.3 Å². The summed E-state index contributed by atoms with van der Waals surface area (Å²) in [4.78, 5) is 11.5. The summed E-state index contributed by atoms with van der Waals surface area (Å²) < 4.78 is 11.4. The van der Waals surface area contributed by atoms with Crippen molar-refractivity contribution >= 4 is 5.91 Å². The molecule has 0 fully saturated rings. The summed E-state index contributed by atoms with van der Waals surface area (Å²) >= 11 is 0. The Morgan fingerprint density at radius 2 is 2.21 bits per heavy atom. The van der Waals surface area contributed by atoms with Crippen LogP contribution in [0, 0.1) is 0 Å². The predicted molar refractivity (Wildman–Crippen MR) is 91.2 cm³/mol. The highest BCUT2D eigenvalue weighted by Crippen LogP contribution is 2.37. The first-order chi connectivity index (χ1) is 11.6. The number of carbonyl (C=O) groups is 1. The number of unbranched alkanes of at least 4 members (excludes halogenated alkanes) is 1. The van der Waals surface area contributed by atoms with E-state index >= 15 is 0 Å². The van der Waals surface area contributed by atoms with Crippen LogP contribution in [0.2, 0.25) is 0 Å². The number of aromatic nitrogens is 3. The van der Waals surface area contributed by atoms with Gasteiger partial charge in [-0.3, -0.25) is 4.79 Å². The second kappa shape index (κ2) is 8.14. The molecule has 1 aromatic carbocycles. The topological polar surface area (TPSA) is 103 Å². The second-order valence-corrected chi connectivity index (χ2v) is 5.25. The zero-order valence-corrected chi connectivity index (χ0v) is 14.0. The van der Waals surface area contributed by atoms with Crippen LogP contribution in [0.15, 0.2) is 24.8 Å². The predicted octanol–water partition coefficient (Wildman–Crippen LogP) is 2.49. The Morgan fingerprint density at radius 3 is 2.83 bits per heavy atom. The van der Waals surface area contributed by atoms with Gasteiger partial charge in [-0.1, -0.05) is 19.4 Å². The molecule has 24 heavy (non-hydrogen) atoms. The molecule has 0 atom stereocenters. The molecule has 0 saturated carbocycles. The second-order valence-electron chi connectivity index (χ2n) is 5.25. The number of H-pyrrole nitrogens is 1. The van der Waals surface area contributed by atoms with Crippen molar-refractivity contribution in [3.8, 4) is 22.8 Å². The Bertz CT molecular complexity index is 725. The van der Waals surface area contributed by atoms with Crippen LogP contribution in [-0.2, 0) is 6.42 Å². The van der Waals surface area contributed by atoms with E-state index in [2.05, 4.69) is 28.9 Å².